The van der Waals surface area contributed by atoms with Gasteiger partial charge in [-0.15, -0.1) is 6.42 Å². The number of terminal acetylenes is 1. The number of nitrogens with one attached hydrogen (secondary N) is 1. The Labute approximate surface area is 110 Å². The standard InChI is InChI=1S/C15H10N4/c1-2-11-4-3-5-12(8-11)19-15-13-9-16-7-6-14(13)17-10-18-15/h1,3-10H,(H,17,18,19). The van der Waals surface area contributed by atoms with Crippen LogP contribution >= 0.6 is 0 Å². The molecule has 19 heavy (non-hydrogen) atoms. The summed E-state index contributed by atoms with van der Waals surface area (Å²) in [5.74, 6) is 3.32. The lowest BCUT2D eigenvalue weighted by atomic mass is 10.2. The molecule has 0 aliphatic rings. The van der Waals surface area contributed by atoms with Crippen molar-refractivity contribution in [2.24, 2.45) is 0 Å². The molecule has 90 valence electrons. The van der Waals surface area contributed by atoms with Gasteiger partial charge >= 0.3 is 0 Å². The van der Waals surface area contributed by atoms with E-state index >= 15 is 0 Å². The first-order valence-corrected chi connectivity index (χ1v) is 5.75. The highest BCUT2D eigenvalue weighted by Gasteiger charge is 2.03. The monoisotopic (exact) mass is 246 g/mol. The molecule has 2 heterocycles. The normalized spacial score (nSPS) is 10.1. The number of hydrogen-bond donors (Lipinski definition) is 1. The molecular weight excluding hydrogens is 236 g/mol. The van der Waals surface area contributed by atoms with Crippen molar-refractivity contribution < 1.29 is 0 Å². The Bertz CT molecular complexity index is 769. The van der Waals surface area contributed by atoms with Crippen molar-refractivity contribution in [1.29, 1.82) is 0 Å². The fourth-order valence-electron chi connectivity index (χ4n) is 1.82. The van der Waals surface area contributed by atoms with Crippen LogP contribution in [0.4, 0.5) is 11.5 Å². The molecular formula is C15H10N4. The summed E-state index contributed by atoms with van der Waals surface area (Å²) in [6.45, 7) is 0. The number of nitrogens with zero attached hydrogens (tertiary/aromatic N) is 3. The molecule has 3 aromatic rings. The number of pyridine rings is 1. The molecule has 4 heteroatoms. The van der Waals surface area contributed by atoms with Gasteiger partial charge in [0.1, 0.15) is 12.1 Å². The average Bonchev–Trinajstić information content (AvgIpc) is 2.48. The second kappa shape index (κ2) is 4.75. The van der Waals surface area contributed by atoms with Crippen LogP contribution in [-0.2, 0) is 0 Å². The van der Waals surface area contributed by atoms with E-state index in [9.17, 15) is 0 Å². The summed E-state index contributed by atoms with van der Waals surface area (Å²) in [5, 5.41) is 4.11. The van der Waals surface area contributed by atoms with Crippen LogP contribution < -0.4 is 5.32 Å². The number of anilines is 2. The van der Waals surface area contributed by atoms with Gasteiger partial charge in [0, 0.05) is 23.6 Å². The highest BCUT2D eigenvalue weighted by Crippen LogP contribution is 2.22. The zero-order chi connectivity index (χ0) is 13.1. The molecule has 0 saturated heterocycles. The van der Waals surface area contributed by atoms with Gasteiger partial charge in [0.2, 0.25) is 0 Å². The molecule has 0 spiro atoms. The molecule has 0 unspecified atom stereocenters. The smallest absolute Gasteiger partial charge is 0.143 e. The van der Waals surface area contributed by atoms with E-state index in [4.69, 9.17) is 6.42 Å². The fraction of sp³-hybridized carbons (Fsp3) is 0. The lowest BCUT2D eigenvalue weighted by Gasteiger charge is -2.08. The summed E-state index contributed by atoms with van der Waals surface area (Å²) >= 11 is 0. The van der Waals surface area contributed by atoms with Gasteiger partial charge in [-0.25, -0.2) is 9.97 Å². The van der Waals surface area contributed by atoms with Gasteiger partial charge in [-0.3, -0.25) is 4.98 Å². The first kappa shape index (κ1) is 11.2. The van der Waals surface area contributed by atoms with Crippen molar-refractivity contribution in [1.82, 2.24) is 15.0 Å². The SMILES string of the molecule is C#Cc1cccc(Nc2ncnc3ccncc23)c1. The quantitative estimate of drug-likeness (QED) is 0.706. The van der Waals surface area contributed by atoms with E-state index in [1.807, 2.05) is 30.3 Å². The average molecular weight is 246 g/mol. The van der Waals surface area contributed by atoms with E-state index in [2.05, 4.69) is 26.2 Å². The van der Waals surface area contributed by atoms with E-state index < -0.39 is 0 Å². The Morgan fingerprint density at radius 1 is 1.16 bits per heavy atom. The van der Waals surface area contributed by atoms with Crippen LogP contribution in [-0.4, -0.2) is 15.0 Å². The highest BCUT2D eigenvalue weighted by molar-refractivity contribution is 5.89. The molecule has 0 bridgehead atoms. The van der Waals surface area contributed by atoms with E-state index in [0.29, 0.717) is 5.82 Å². The zero-order valence-electron chi connectivity index (χ0n) is 10.0. The molecule has 0 aliphatic carbocycles. The predicted molar refractivity (Wildman–Crippen MR) is 75.0 cm³/mol. The summed E-state index contributed by atoms with van der Waals surface area (Å²) in [7, 11) is 0. The van der Waals surface area contributed by atoms with E-state index in [0.717, 1.165) is 22.2 Å². The van der Waals surface area contributed by atoms with Gasteiger partial charge in [-0.2, -0.15) is 0 Å². The highest BCUT2D eigenvalue weighted by atomic mass is 15.0. The Kier molecular flexibility index (Phi) is 2.79. The molecule has 1 N–H and O–H groups in total. The third-order valence-corrected chi connectivity index (χ3v) is 2.73. The Balaban J connectivity index is 2.04. The molecule has 0 radical (unpaired) electrons. The summed E-state index contributed by atoms with van der Waals surface area (Å²) in [6.07, 6.45) is 10.4. The predicted octanol–water partition coefficient (Wildman–Crippen LogP) is 2.75. The minimum atomic E-state index is 0.715. The maximum Gasteiger partial charge on any atom is 0.143 e. The molecule has 0 atom stereocenters. The maximum absolute atomic E-state index is 5.39. The number of hydrogen-bond acceptors (Lipinski definition) is 4. The van der Waals surface area contributed by atoms with Crippen LogP contribution in [0.5, 0.6) is 0 Å². The maximum atomic E-state index is 5.39. The van der Waals surface area contributed by atoms with Crippen molar-refractivity contribution in [3.8, 4) is 12.3 Å². The lowest BCUT2D eigenvalue weighted by molar-refractivity contribution is 1.20. The second-order valence-corrected chi connectivity index (χ2v) is 3.97. The number of fused-ring (bicyclic) bond motifs is 1. The molecule has 0 saturated carbocycles. The first-order chi connectivity index (χ1) is 9.36. The second-order valence-electron chi connectivity index (χ2n) is 3.97. The van der Waals surface area contributed by atoms with E-state index in [1.54, 1.807) is 12.4 Å². The first-order valence-electron chi connectivity index (χ1n) is 5.75. The number of benzene rings is 1. The van der Waals surface area contributed by atoms with Gasteiger partial charge in [-0.1, -0.05) is 12.0 Å². The Morgan fingerprint density at radius 3 is 3.00 bits per heavy atom. The molecule has 2 aromatic heterocycles. The fourth-order valence-corrected chi connectivity index (χ4v) is 1.82. The molecule has 4 nitrogen and oxygen atoms in total. The van der Waals surface area contributed by atoms with Gasteiger partial charge < -0.3 is 5.32 Å². The van der Waals surface area contributed by atoms with Crippen LogP contribution in [0.3, 0.4) is 0 Å². The van der Waals surface area contributed by atoms with Crippen LogP contribution in [0.2, 0.25) is 0 Å². The van der Waals surface area contributed by atoms with Crippen LogP contribution in [0.15, 0.2) is 49.1 Å². The topological polar surface area (TPSA) is 50.7 Å². The molecule has 0 fully saturated rings. The van der Waals surface area contributed by atoms with Crippen LogP contribution in [0.1, 0.15) is 5.56 Å². The summed E-state index contributed by atoms with van der Waals surface area (Å²) in [4.78, 5) is 12.5. The number of rotatable bonds is 2. The van der Waals surface area contributed by atoms with Gasteiger partial charge in [0.05, 0.1) is 10.9 Å². The van der Waals surface area contributed by atoms with Crippen molar-refractivity contribution in [2.75, 3.05) is 5.32 Å². The summed E-state index contributed by atoms with van der Waals surface area (Å²) in [6, 6.07) is 9.46. The molecule has 0 amide bonds. The Morgan fingerprint density at radius 2 is 2.11 bits per heavy atom. The lowest BCUT2D eigenvalue weighted by Crippen LogP contribution is -1.96. The summed E-state index contributed by atoms with van der Waals surface area (Å²) in [5.41, 5.74) is 2.56. The van der Waals surface area contributed by atoms with E-state index in [-0.39, 0.29) is 0 Å². The van der Waals surface area contributed by atoms with E-state index in [1.165, 1.54) is 6.33 Å². The Hall–Kier alpha value is -2.93. The van der Waals surface area contributed by atoms with Gasteiger partial charge in [0.15, 0.2) is 0 Å². The van der Waals surface area contributed by atoms with Crippen LogP contribution in [0.25, 0.3) is 10.9 Å². The third-order valence-electron chi connectivity index (χ3n) is 2.73. The van der Waals surface area contributed by atoms with Crippen molar-refractivity contribution in [2.45, 2.75) is 0 Å². The zero-order valence-corrected chi connectivity index (χ0v) is 10.0. The molecule has 1 aromatic carbocycles. The largest absolute Gasteiger partial charge is 0.340 e. The minimum Gasteiger partial charge on any atom is -0.340 e. The molecule has 0 aliphatic heterocycles. The van der Waals surface area contributed by atoms with Gasteiger partial charge in [-0.05, 0) is 24.3 Å². The third kappa shape index (κ3) is 2.22. The number of aromatic nitrogens is 3. The minimum absolute atomic E-state index is 0.715. The van der Waals surface area contributed by atoms with Crippen molar-refractivity contribution >= 4 is 22.4 Å². The van der Waals surface area contributed by atoms with Crippen molar-refractivity contribution in [3.05, 3.63) is 54.6 Å². The molecule has 3 rings (SSSR count). The van der Waals surface area contributed by atoms with Gasteiger partial charge in [0.25, 0.3) is 0 Å². The van der Waals surface area contributed by atoms with Crippen molar-refractivity contribution in [3.63, 3.8) is 0 Å². The summed E-state index contributed by atoms with van der Waals surface area (Å²) < 4.78 is 0. The van der Waals surface area contributed by atoms with Crippen LogP contribution in [0, 0.1) is 12.3 Å².